The van der Waals surface area contributed by atoms with Gasteiger partial charge in [0.2, 0.25) is 0 Å². The second kappa shape index (κ2) is 5.21. The van der Waals surface area contributed by atoms with Crippen LogP contribution in [0.5, 0.6) is 0 Å². The van der Waals surface area contributed by atoms with Gasteiger partial charge in [-0.1, -0.05) is 6.08 Å². The van der Waals surface area contributed by atoms with Gasteiger partial charge in [0.25, 0.3) is 0 Å². The molecule has 0 radical (unpaired) electrons. The van der Waals surface area contributed by atoms with Gasteiger partial charge >= 0.3 is 5.97 Å². The van der Waals surface area contributed by atoms with E-state index >= 15 is 0 Å². The second-order valence-electron chi connectivity index (χ2n) is 6.25. The van der Waals surface area contributed by atoms with Gasteiger partial charge in [0, 0.05) is 12.7 Å². The Labute approximate surface area is 104 Å². The van der Waals surface area contributed by atoms with Crippen LogP contribution in [-0.4, -0.2) is 23.8 Å². The minimum absolute atomic E-state index is 0.0822. The summed E-state index contributed by atoms with van der Waals surface area (Å²) in [7, 11) is 0. The molecular formula is C14H24O3. The molecule has 0 saturated carbocycles. The van der Waals surface area contributed by atoms with E-state index in [0.29, 0.717) is 5.92 Å². The van der Waals surface area contributed by atoms with Crippen LogP contribution in [-0.2, 0) is 14.3 Å². The minimum Gasteiger partial charge on any atom is -0.457 e. The number of carbonyl (C=O) groups is 1. The average molecular weight is 240 g/mol. The summed E-state index contributed by atoms with van der Waals surface area (Å²) in [4.78, 5) is 11.5. The van der Waals surface area contributed by atoms with Gasteiger partial charge in [-0.3, -0.25) is 0 Å². The summed E-state index contributed by atoms with van der Waals surface area (Å²) in [5, 5.41) is 0. The molecule has 1 aliphatic heterocycles. The molecule has 3 nitrogen and oxygen atoms in total. The molecule has 1 unspecified atom stereocenters. The van der Waals surface area contributed by atoms with Crippen LogP contribution in [0.1, 0.15) is 47.5 Å². The summed E-state index contributed by atoms with van der Waals surface area (Å²) in [5.41, 5.74) is -0.502. The molecule has 0 bridgehead atoms. The number of rotatable bonds is 2. The fourth-order valence-corrected chi connectivity index (χ4v) is 1.99. The Morgan fingerprint density at radius 3 is 2.59 bits per heavy atom. The van der Waals surface area contributed by atoms with Gasteiger partial charge in [-0.25, -0.2) is 4.79 Å². The van der Waals surface area contributed by atoms with E-state index in [2.05, 4.69) is 13.8 Å². The van der Waals surface area contributed by atoms with Crippen molar-refractivity contribution in [3.8, 4) is 0 Å². The molecule has 0 aliphatic carbocycles. The standard InChI is InChI=1S/C14H24O3/c1-13(2,3)17-12(15)7-6-11-8-9-16-14(4,5)10-11/h6-7,11H,8-10H2,1-5H3. The normalized spacial score (nSPS) is 24.9. The van der Waals surface area contributed by atoms with Crippen molar-refractivity contribution < 1.29 is 14.3 Å². The first kappa shape index (κ1) is 14.2. The van der Waals surface area contributed by atoms with Crippen LogP contribution >= 0.6 is 0 Å². The molecule has 1 atom stereocenters. The van der Waals surface area contributed by atoms with Gasteiger partial charge in [0.15, 0.2) is 0 Å². The molecular weight excluding hydrogens is 216 g/mol. The van der Waals surface area contributed by atoms with Crippen molar-refractivity contribution in [3.63, 3.8) is 0 Å². The van der Waals surface area contributed by atoms with Crippen LogP contribution in [0.15, 0.2) is 12.2 Å². The second-order valence-corrected chi connectivity index (χ2v) is 6.25. The number of hydrogen-bond acceptors (Lipinski definition) is 3. The van der Waals surface area contributed by atoms with E-state index in [9.17, 15) is 4.79 Å². The lowest BCUT2D eigenvalue weighted by Crippen LogP contribution is -2.33. The molecule has 98 valence electrons. The fourth-order valence-electron chi connectivity index (χ4n) is 1.99. The highest BCUT2D eigenvalue weighted by Crippen LogP contribution is 2.29. The molecule has 0 N–H and O–H groups in total. The molecule has 17 heavy (non-hydrogen) atoms. The molecule has 1 heterocycles. The largest absolute Gasteiger partial charge is 0.457 e. The van der Waals surface area contributed by atoms with Gasteiger partial charge in [-0.2, -0.15) is 0 Å². The molecule has 1 aliphatic rings. The fraction of sp³-hybridized carbons (Fsp3) is 0.786. The van der Waals surface area contributed by atoms with Crippen LogP contribution in [0.2, 0.25) is 0 Å². The molecule has 0 aromatic heterocycles. The highest BCUT2D eigenvalue weighted by Gasteiger charge is 2.27. The molecule has 0 amide bonds. The topological polar surface area (TPSA) is 35.5 Å². The van der Waals surface area contributed by atoms with Crippen molar-refractivity contribution in [2.45, 2.75) is 58.7 Å². The molecule has 0 aromatic rings. The van der Waals surface area contributed by atoms with E-state index < -0.39 is 5.60 Å². The maximum absolute atomic E-state index is 11.5. The maximum Gasteiger partial charge on any atom is 0.330 e. The van der Waals surface area contributed by atoms with Crippen molar-refractivity contribution >= 4 is 5.97 Å². The molecule has 1 fully saturated rings. The third-order valence-corrected chi connectivity index (χ3v) is 2.65. The smallest absolute Gasteiger partial charge is 0.330 e. The van der Waals surface area contributed by atoms with Crippen molar-refractivity contribution in [2.75, 3.05) is 6.61 Å². The zero-order valence-corrected chi connectivity index (χ0v) is 11.6. The molecule has 3 heteroatoms. The minimum atomic E-state index is -0.420. The summed E-state index contributed by atoms with van der Waals surface area (Å²) in [6.45, 7) is 10.5. The summed E-state index contributed by atoms with van der Waals surface area (Å²) in [5.74, 6) is 0.146. The Bertz CT molecular complexity index is 297. The van der Waals surface area contributed by atoms with Gasteiger partial charge in [0.05, 0.1) is 5.60 Å². The van der Waals surface area contributed by atoms with Gasteiger partial charge in [0.1, 0.15) is 5.60 Å². The van der Waals surface area contributed by atoms with E-state index in [1.807, 2.05) is 26.8 Å². The Kier molecular flexibility index (Phi) is 4.36. The zero-order chi connectivity index (χ0) is 13.1. The first-order valence-corrected chi connectivity index (χ1v) is 6.23. The van der Waals surface area contributed by atoms with E-state index in [4.69, 9.17) is 9.47 Å². The Hall–Kier alpha value is -0.830. The molecule has 1 saturated heterocycles. The summed E-state index contributed by atoms with van der Waals surface area (Å²) in [6.07, 6.45) is 5.44. The van der Waals surface area contributed by atoms with E-state index in [1.165, 1.54) is 0 Å². The van der Waals surface area contributed by atoms with E-state index in [0.717, 1.165) is 19.4 Å². The third kappa shape index (κ3) is 5.87. The highest BCUT2D eigenvalue weighted by molar-refractivity contribution is 5.82. The zero-order valence-electron chi connectivity index (χ0n) is 11.6. The third-order valence-electron chi connectivity index (χ3n) is 2.65. The number of esters is 1. The first-order valence-electron chi connectivity index (χ1n) is 6.23. The van der Waals surface area contributed by atoms with Crippen molar-refractivity contribution in [2.24, 2.45) is 5.92 Å². The monoisotopic (exact) mass is 240 g/mol. The van der Waals surface area contributed by atoms with E-state index in [-0.39, 0.29) is 11.6 Å². The lowest BCUT2D eigenvalue weighted by Gasteiger charge is -2.34. The molecule has 1 rings (SSSR count). The summed E-state index contributed by atoms with van der Waals surface area (Å²) in [6, 6.07) is 0. The van der Waals surface area contributed by atoms with Gasteiger partial charge < -0.3 is 9.47 Å². The van der Waals surface area contributed by atoms with Gasteiger partial charge in [-0.05, 0) is 53.4 Å². The van der Waals surface area contributed by atoms with Crippen LogP contribution in [0.4, 0.5) is 0 Å². The van der Waals surface area contributed by atoms with Crippen molar-refractivity contribution in [3.05, 3.63) is 12.2 Å². The quantitative estimate of drug-likeness (QED) is 0.549. The number of allylic oxidation sites excluding steroid dienone is 1. The van der Waals surface area contributed by atoms with Crippen LogP contribution in [0.3, 0.4) is 0 Å². The Morgan fingerprint density at radius 2 is 2.06 bits per heavy atom. The first-order chi connectivity index (χ1) is 7.68. The predicted molar refractivity (Wildman–Crippen MR) is 67.7 cm³/mol. The summed E-state index contributed by atoms with van der Waals surface area (Å²) < 4.78 is 10.9. The van der Waals surface area contributed by atoms with Crippen LogP contribution in [0.25, 0.3) is 0 Å². The maximum atomic E-state index is 11.5. The van der Waals surface area contributed by atoms with Crippen LogP contribution < -0.4 is 0 Å². The lowest BCUT2D eigenvalue weighted by molar-refractivity contribution is -0.148. The van der Waals surface area contributed by atoms with E-state index in [1.54, 1.807) is 6.08 Å². The van der Waals surface area contributed by atoms with Gasteiger partial charge in [-0.15, -0.1) is 0 Å². The SMILES string of the molecule is CC(C)(C)OC(=O)C=CC1CCOC(C)(C)C1. The number of carbonyl (C=O) groups excluding carboxylic acids is 1. The Morgan fingerprint density at radius 1 is 1.41 bits per heavy atom. The van der Waals surface area contributed by atoms with Crippen molar-refractivity contribution in [1.82, 2.24) is 0 Å². The number of ether oxygens (including phenoxy) is 2. The predicted octanol–water partition coefficient (Wildman–Crippen LogP) is 3.09. The average Bonchev–Trinajstić information content (AvgIpc) is 2.10. The Balaban J connectivity index is 2.45. The number of hydrogen-bond donors (Lipinski definition) is 0. The summed E-state index contributed by atoms with van der Waals surface area (Å²) >= 11 is 0. The van der Waals surface area contributed by atoms with Crippen LogP contribution in [0, 0.1) is 5.92 Å². The highest BCUT2D eigenvalue weighted by atomic mass is 16.6. The lowest BCUT2D eigenvalue weighted by atomic mass is 9.88. The van der Waals surface area contributed by atoms with Crippen molar-refractivity contribution in [1.29, 1.82) is 0 Å². The molecule has 0 spiro atoms. The molecule has 0 aromatic carbocycles.